The Labute approximate surface area is 169 Å². The summed E-state index contributed by atoms with van der Waals surface area (Å²) in [6, 6.07) is 5.88. The molecule has 0 radical (unpaired) electrons. The Morgan fingerprint density at radius 3 is 2.71 bits per heavy atom. The first-order valence-corrected chi connectivity index (χ1v) is 10.1. The molecule has 1 aromatic carbocycles. The van der Waals surface area contributed by atoms with Gasteiger partial charge in [0.15, 0.2) is 5.96 Å². The second kappa shape index (κ2) is 12.5. The van der Waals surface area contributed by atoms with Crippen LogP contribution in [0.4, 0.5) is 0 Å². The van der Waals surface area contributed by atoms with E-state index in [-0.39, 0.29) is 0 Å². The van der Waals surface area contributed by atoms with Crippen molar-refractivity contribution in [3.8, 4) is 11.5 Å². The summed E-state index contributed by atoms with van der Waals surface area (Å²) < 4.78 is 22.1. The number of hydrogen-bond acceptors (Lipinski definition) is 5. The van der Waals surface area contributed by atoms with Gasteiger partial charge in [0, 0.05) is 58.1 Å². The first kappa shape index (κ1) is 22.3. The maximum absolute atomic E-state index is 5.92. The Morgan fingerprint density at radius 1 is 1.25 bits per heavy atom. The SMILES string of the molecule is CCNC(=NCCCOC1CCOCC1)N(C)Cc1ccc(OC)cc1OC. The van der Waals surface area contributed by atoms with Gasteiger partial charge in [0.05, 0.1) is 20.3 Å². The zero-order chi connectivity index (χ0) is 20.2. The van der Waals surface area contributed by atoms with Crippen LogP contribution in [0.2, 0.25) is 0 Å². The molecule has 1 fully saturated rings. The van der Waals surface area contributed by atoms with Crippen LogP contribution in [0.3, 0.4) is 0 Å². The largest absolute Gasteiger partial charge is 0.497 e. The molecule has 28 heavy (non-hydrogen) atoms. The summed E-state index contributed by atoms with van der Waals surface area (Å²) in [5, 5.41) is 3.36. The lowest BCUT2D eigenvalue weighted by Gasteiger charge is -2.24. The molecule has 0 amide bonds. The van der Waals surface area contributed by atoms with Crippen LogP contribution in [0.25, 0.3) is 0 Å². The van der Waals surface area contributed by atoms with Gasteiger partial charge < -0.3 is 29.2 Å². The highest BCUT2D eigenvalue weighted by Gasteiger charge is 2.14. The molecule has 0 atom stereocenters. The van der Waals surface area contributed by atoms with E-state index >= 15 is 0 Å². The summed E-state index contributed by atoms with van der Waals surface area (Å²) in [5.41, 5.74) is 1.08. The lowest BCUT2D eigenvalue weighted by atomic mass is 10.1. The van der Waals surface area contributed by atoms with E-state index in [4.69, 9.17) is 23.9 Å². The van der Waals surface area contributed by atoms with E-state index in [1.54, 1.807) is 14.2 Å². The Hall–Kier alpha value is -1.99. The molecule has 7 nitrogen and oxygen atoms in total. The van der Waals surface area contributed by atoms with Crippen molar-refractivity contribution < 1.29 is 18.9 Å². The van der Waals surface area contributed by atoms with Gasteiger partial charge in [0.25, 0.3) is 0 Å². The summed E-state index contributed by atoms with van der Waals surface area (Å²) in [6.45, 7) is 6.68. The highest BCUT2D eigenvalue weighted by Crippen LogP contribution is 2.25. The van der Waals surface area contributed by atoms with Crippen molar-refractivity contribution in [3.05, 3.63) is 23.8 Å². The van der Waals surface area contributed by atoms with Gasteiger partial charge in [-0.1, -0.05) is 0 Å². The van der Waals surface area contributed by atoms with Crippen LogP contribution in [0.1, 0.15) is 31.7 Å². The van der Waals surface area contributed by atoms with E-state index in [0.717, 1.165) is 75.2 Å². The molecular weight excluding hydrogens is 358 g/mol. The van der Waals surface area contributed by atoms with Crippen LogP contribution in [0.5, 0.6) is 11.5 Å². The quantitative estimate of drug-likeness (QED) is 0.375. The van der Waals surface area contributed by atoms with Gasteiger partial charge in [0.2, 0.25) is 0 Å². The fraction of sp³-hybridized carbons (Fsp3) is 0.667. The molecule has 1 aromatic rings. The minimum absolute atomic E-state index is 0.344. The molecular formula is C21H35N3O4. The average Bonchev–Trinajstić information content (AvgIpc) is 2.73. The van der Waals surface area contributed by atoms with Gasteiger partial charge in [-0.15, -0.1) is 0 Å². The van der Waals surface area contributed by atoms with Gasteiger partial charge in [-0.2, -0.15) is 0 Å². The van der Waals surface area contributed by atoms with Crippen molar-refractivity contribution in [2.24, 2.45) is 4.99 Å². The molecule has 0 saturated carbocycles. The topological polar surface area (TPSA) is 64.6 Å². The smallest absolute Gasteiger partial charge is 0.193 e. The first-order valence-electron chi connectivity index (χ1n) is 10.1. The fourth-order valence-electron chi connectivity index (χ4n) is 3.12. The van der Waals surface area contributed by atoms with E-state index in [0.29, 0.717) is 12.6 Å². The molecule has 0 bridgehead atoms. The number of nitrogens with one attached hydrogen (secondary N) is 1. The van der Waals surface area contributed by atoms with Gasteiger partial charge in [-0.3, -0.25) is 4.99 Å². The third kappa shape index (κ3) is 7.20. The monoisotopic (exact) mass is 393 g/mol. The maximum atomic E-state index is 5.92. The second-order valence-electron chi connectivity index (χ2n) is 6.81. The summed E-state index contributed by atoms with van der Waals surface area (Å²) in [6.07, 6.45) is 3.25. The van der Waals surface area contributed by atoms with E-state index in [1.807, 2.05) is 25.2 Å². The van der Waals surface area contributed by atoms with Crippen LogP contribution in [0.15, 0.2) is 23.2 Å². The fourth-order valence-corrected chi connectivity index (χ4v) is 3.12. The van der Waals surface area contributed by atoms with Crippen molar-refractivity contribution in [1.29, 1.82) is 0 Å². The average molecular weight is 394 g/mol. The van der Waals surface area contributed by atoms with Gasteiger partial charge in [0.1, 0.15) is 11.5 Å². The summed E-state index contributed by atoms with van der Waals surface area (Å²) in [5.74, 6) is 2.48. The molecule has 0 unspecified atom stereocenters. The molecule has 1 aliphatic rings. The third-order valence-electron chi connectivity index (χ3n) is 4.68. The summed E-state index contributed by atoms with van der Waals surface area (Å²) in [7, 11) is 5.36. The molecule has 7 heteroatoms. The molecule has 0 aliphatic carbocycles. The number of benzene rings is 1. The number of ether oxygens (including phenoxy) is 4. The minimum atomic E-state index is 0.344. The van der Waals surface area contributed by atoms with E-state index < -0.39 is 0 Å². The van der Waals surface area contributed by atoms with Crippen LogP contribution in [0, 0.1) is 0 Å². The number of nitrogens with zero attached hydrogens (tertiary/aromatic N) is 2. The van der Waals surface area contributed by atoms with Gasteiger partial charge in [-0.25, -0.2) is 0 Å². The molecule has 158 valence electrons. The molecule has 2 rings (SSSR count). The lowest BCUT2D eigenvalue weighted by Crippen LogP contribution is -2.38. The van der Waals surface area contributed by atoms with Crippen molar-refractivity contribution in [2.75, 3.05) is 54.2 Å². The minimum Gasteiger partial charge on any atom is -0.497 e. The van der Waals surface area contributed by atoms with Gasteiger partial charge >= 0.3 is 0 Å². The number of guanidine groups is 1. The highest BCUT2D eigenvalue weighted by atomic mass is 16.5. The Morgan fingerprint density at radius 2 is 2.04 bits per heavy atom. The number of hydrogen-bond donors (Lipinski definition) is 1. The number of rotatable bonds is 10. The maximum Gasteiger partial charge on any atom is 0.193 e. The Balaban J connectivity index is 1.86. The molecule has 1 heterocycles. The Kier molecular flexibility index (Phi) is 9.93. The zero-order valence-corrected chi connectivity index (χ0v) is 17.7. The molecule has 1 N–H and O–H groups in total. The number of methoxy groups -OCH3 is 2. The summed E-state index contributed by atoms with van der Waals surface area (Å²) >= 11 is 0. The van der Waals surface area contributed by atoms with Crippen LogP contribution >= 0.6 is 0 Å². The molecule has 1 saturated heterocycles. The first-order chi connectivity index (χ1) is 13.7. The van der Waals surface area contributed by atoms with Crippen LogP contribution in [-0.4, -0.2) is 71.1 Å². The van der Waals surface area contributed by atoms with E-state index in [9.17, 15) is 0 Å². The normalized spacial score (nSPS) is 15.4. The molecule has 0 spiro atoms. The Bertz CT molecular complexity index is 603. The second-order valence-corrected chi connectivity index (χ2v) is 6.81. The van der Waals surface area contributed by atoms with Crippen molar-refractivity contribution in [3.63, 3.8) is 0 Å². The van der Waals surface area contributed by atoms with Crippen LogP contribution in [-0.2, 0) is 16.0 Å². The lowest BCUT2D eigenvalue weighted by molar-refractivity contribution is -0.0318. The van der Waals surface area contributed by atoms with Crippen LogP contribution < -0.4 is 14.8 Å². The standard InChI is InChI=1S/C21H35N3O4/c1-5-22-21(23-11-6-12-28-18-9-13-27-14-10-18)24(2)16-17-7-8-19(25-3)15-20(17)26-4/h7-8,15,18H,5-6,9-14,16H2,1-4H3,(H,22,23). The van der Waals surface area contributed by atoms with E-state index in [1.165, 1.54) is 0 Å². The van der Waals surface area contributed by atoms with Crippen molar-refractivity contribution in [2.45, 2.75) is 38.8 Å². The van der Waals surface area contributed by atoms with E-state index in [2.05, 4.69) is 17.1 Å². The molecule has 1 aliphatic heterocycles. The molecule has 0 aromatic heterocycles. The third-order valence-corrected chi connectivity index (χ3v) is 4.68. The van der Waals surface area contributed by atoms with Crippen molar-refractivity contribution in [1.82, 2.24) is 10.2 Å². The van der Waals surface area contributed by atoms with Gasteiger partial charge in [-0.05, 0) is 38.3 Å². The predicted octanol–water partition coefficient (Wildman–Crippen LogP) is 2.69. The highest BCUT2D eigenvalue weighted by molar-refractivity contribution is 5.79. The predicted molar refractivity (Wildman–Crippen MR) is 111 cm³/mol. The summed E-state index contributed by atoms with van der Waals surface area (Å²) in [4.78, 5) is 6.85. The number of aliphatic imine (C=N–C) groups is 1. The van der Waals surface area contributed by atoms with Crippen molar-refractivity contribution >= 4 is 5.96 Å². The zero-order valence-electron chi connectivity index (χ0n) is 17.7.